The zero-order chi connectivity index (χ0) is 16.0. The summed E-state index contributed by atoms with van der Waals surface area (Å²) < 4.78 is 0. The highest BCUT2D eigenvalue weighted by Crippen LogP contribution is 2.43. The summed E-state index contributed by atoms with van der Waals surface area (Å²) in [5.41, 5.74) is 1.93. The second-order valence-corrected chi connectivity index (χ2v) is 7.35. The van der Waals surface area contributed by atoms with Crippen LogP contribution >= 0.6 is 0 Å². The average Bonchev–Trinajstić information content (AvgIpc) is 3.05. The van der Waals surface area contributed by atoms with Crippen molar-refractivity contribution in [2.75, 3.05) is 6.54 Å². The fraction of sp³-hybridized carbons (Fsp3) is 0.579. The molecule has 1 amide bonds. The van der Waals surface area contributed by atoms with Gasteiger partial charge >= 0.3 is 5.97 Å². The summed E-state index contributed by atoms with van der Waals surface area (Å²) in [6.45, 7) is 0.602. The van der Waals surface area contributed by atoms with Crippen LogP contribution in [0.15, 0.2) is 24.3 Å². The number of carbonyl (C=O) groups excluding carboxylic acids is 1. The van der Waals surface area contributed by atoms with Gasteiger partial charge in [-0.2, -0.15) is 0 Å². The monoisotopic (exact) mass is 313 g/mol. The first-order chi connectivity index (χ1) is 11.1. The lowest BCUT2D eigenvalue weighted by Crippen LogP contribution is -2.43. The van der Waals surface area contributed by atoms with Crippen molar-refractivity contribution in [1.29, 1.82) is 0 Å². The Kier molecular flexibility index (Phi) is 3.63. The van der Waals surface area contributed by atoms with Gasteiger partial charge in [0, 0.05) is 12.1 Å². The van der Waals surface area contributed by atoms with Crippen LogP contribution in [0.2, 0.25) is 0 Å². The molecule has 0 bridgehead atoms. The van der Waals surface area contributed by atoms with Crippen molar-refractivity contribution < 1.29 is 14.7 Å². The number of likely N-dealkylation sites (tertiary alicyclic amines) is 1. The molecule has 4 rings (SSSR count). The van der Waals surface area contributed by atoms with Crippen LogP contribution in [-0.2, 0) is 4.79 Å². The quantitative estimate of drug-likeness (QED) is 0.931. The number of fused-ring (bicyclic) bond motifs is 1. The Morgan fingerprint density at radius 2 is 1.70 bits per heavy atom. The summed E-state index contributed by atoms with van der Waals surface area (Å²) >= 11 is 0. The van der Waals surface area contributed by atoms with Crippen molar-refractivity contribution in [2.24, 2.45) is 11.8 Å². The molecule has 1 aromatic carbocycles. The number of rotatable bonds is 3. The van der Waals surface area contributed by atoms with Crippen molar-refractivity contribution in [2.45, 2.75) is 50.5 Å². The van der Waals surface area contributed by atoms with E-state index < -0.39 is 12.0 Å². The predicted molar refractivity (Wildman–Crippen MR) is 86.3 cm³/mol. The number of carboxylic acids is 1. The molecule has 1 aromatic rings. The standard InChI is InChI=1S/C19H23NO3/c21-18(14-9-7-13(8-10-14)12-3-1-4-12)20-11-15-5-2-6-16(15)17(20)19(22)23/h7-10,12,15-17H,1-6,11H2,(H,22,23). The number of aliphatic carboxylic acids is 1. The zero-order valence-corrected chi connectivity index (χ0v) is 13.3. The Bertz CT molecular complexity index is 620. The molecule has 4 nitrogen and oxygen atoms in total. The predicted octanol–water partition coefficient (Wildman–Crippen LogP) is 3.28. The van der Waals surface area contributed by atoms with Gasteiger partial charge in [-0.1, -0.05) is 25.0 Å². The third-order valence-electron chi connectivity index (χ3n) is 6.14. The van der Waals surface area contributed by atoms with Gasteiger partial charge in [-0.05, 0) is 61.1 Å². The van der Waals surface area contributed by atoms with E-state index in [0.29, 0.717) is 23.9 Å². The molecular formula is C19H23NO3. The van der Waals surface area contributed by atoms with Crippen LogP contribution in [0, 0.1) is 11.8 Å². The Morgan fingerprint density at radius 3 is 2.30 bits per heavy atom. The summed E-state index contributed by atoms with van der Waals surface area (Å²) in [7, 11) is 0. The molecule has 23 heavy (non-hydrogen) atoms. The van der Waals surface area contributed by atoms with Crippen molar-refractivity contribution >= 4 is 11.9 Å². The maximum absolute atomic E-state index is 12.8. The van der Waals surface area contributed by atoms with E-state index in [0.717, 1.165) is 19.3 Å². The molecule has 1 aliphatic heterocycles. The molecule has 3 aliphatic rings. The largest absolute Gasteiger partial charge is 0.480 e. The normalized spacial score (nSPS) is 30.1. The average molecular weight is 313 g/mol. The van der Waals surface area contributed by atoms with E-state index in [1.165, 1.54) is 24.8 Å². The lowest BCUT2D eigenvalue weighted by Gasteiger charge is -2.27. The minimum absolute atomic E-state index is 0.119. The van der Waals surface area contributed by atoms with Crippen molar-refractivity contribution in [3.63, 3.8) is 0 Å². The zero-order valence-electron chi connectivity index (χ0n) is 13.3. The molecule has 0 aromatic heterocycles. The van der Waals surface area contributed by atoms with Crippen molar-refractivity contribution in [3.05, 3.63) is 35.4 Å². The molecule has 122 valence electrons. The maximum atomic E-state index is 12.8. The SMILES string of the molecule is O=C(O)C1C2CCCC2CN1C(=O)c1ccc(C2CCC2)cc1. The molecule has 3 unspecified atom stereocenters. The topological polar surface area (TPSA) is 57.6 Å². The van der Waals surface area contributed by atoms with Crippen LogP contribution in [0.1, 0.15) is 60.4 Å². The van der Waals surface area contributed by atoms with Gasteiger partial charge in [0.05, 0.1) is 0 Å². The first-order valence-corrected chi connectivity index (χ1v) is 8.79. The molecular weight excluding hydrogens is 290 g/mol. The number of nitrogens with zero attached hydrogens (tertiary/aromatic N) is 1. The lowest BCUT2D eigenvalue weighted by atomic mass is 9.80. The smallest absolute Gasteiger partial charge is 0.326 e. The molecule has 1 N–H and O–H groups in total. The molecule has 1 heterocycles. The van der Waals surface area contributed by atoms with Crippen molar-refractivity contribution in [1.82, 2.24) is 4.90 Å². The third-order valence-corrected chi connectivity index (χ3v) is 6.14. The minimum Gasteiger partial charge on any atom is -0.480 e. The van der Waals surface area contributed by atoms with Gasteiger partial charge in [-0.25, -0.2) is 4.79 Å². The van der Waals surface area contributed by atoms with Crippen LogP contribution in [0.3, 0.4) is 0 Å². The Balaban J connectivity index is 1.54. The van der Waals surface area contributed by atoms with Crippen LogP contribution in [0.25, 0.3) is 0 Å². The molecule has 2 aliphatic carbocycles. The first-order valence-electron chi connectivity index (χ1n) is 8.79. The number of benzene rings is 1. The highest BCUT2D eigenvalue weighted by Gasteiger charge is 2.49. The number of hydrogen-bond acceptors (Lipinski definition) is 2. The fourth-order valence-electron chi connectivity index (χ4n) is 4.64. The summed E-state index contributed by atoms with van der Waals surface area (Å²) in [6, 6.07) is 7.21. The summed E-state index contributed by atoms with van der Waals surface area (Å²) in [4.78, 5) is 26.1. The van der Waals surface area contributed by atoms with E-state index in [2.05, 4.69) is 0 Å². The van der Waals surface area contributed by atoms with Gasteiger partial charge in [0.1, 0.15) is 6.04 Å². The molecule has 4 heteroatoms. The van der Waals surface area contributed by atoms with Crippen LogP contribution in [0.4, 0.5) is 0 Å². The molecule has 2 saturated carbocycles. The van der Waals surface area contributed by atoms with Gasteiger partial charge in [-0.3, -0.25) is 4.79 Å². The summed E-state index contributed by atoms with van der Waals surface area (Å²) in [6.07, 6.45) is 6.86. The Hall–Kier alpha value is -1.84. The highest BCUT2D eigenvalue weighted by molar-refractivity contribution is 5.97. The van der Waals surface area contributed by atoms with Gasteiger partial charge in [0.2, 0.25) is 0 Å². The fourth-order valence-corrected chi connectivity index (χ4v) is 4.64. The number of carboxylic acid groups (broad SMARTS) is 1. The number of carbonyl (C=O) groups is 2. The Labute approximate surface area is 136 Å². The van der Waals surface area contributed by atoms with Crippen LogP contribution in [-0.4, -0.2) is 34.5 Å². The maximum Gasteiger partial charge on any atom is 0.326 e. The molecule has 0 radical (unpaired) electrons. The van der Waals surface area contributed by atoms with E-state index in [1.54, 1.807) is 4.90 Å². The number of hydrogen-bond donors (Lipinski definition) is 1. The van der Waals surface area contributed by atoms with Crippen molar-refractivity contribution in [3.8, 4) is 0 Å². The first kappa shape index (κ1) is 14.7. The number of amides is 1. The summed E-state index contributed by atoms with van der Waals surface area (Å²) in [5, 5.41) is 9.59. The van der Waals surface area contributed by atoms with E-state index in [4.69, 9.17) is 0 Å². The molecule has 3 atom stereocenters. The van der Waals surface area contributed by atoms with Gasteiger partial charge < -0.3 is 10.0 Å². The van der Waals surface area contributed by atoms with E-state index in [9.17, 15) is 14.7 Å². The summed E-state index contributed by atoms with van der Waals surface area (Å²) in [5.74, 6) is 0.197. The molecule has 1 saturated heterocycles. The molecule has 0 spiro atoms. The second kappa shape index (κ2) is 5.66. The van der Waals surface area contributed by atoms with Gasteiger partial charge in [0.25, 0.3) is 5.91 Å². The highest BCUT2D eigenvalue weighted by atomic mass is 16.4. The third kappa shape index (κ3) is 2.44. The minimum atomic E-state index is -0.848. The van der Waals surface area contributed by atoms with E-state index in [1.807, 2.05) is 24.3 Å². The van der Waals surface area contributed by atoms with Gasteiger partial charge in [-0.15, -0.1) is 0 Å². The van der Waals surface area contributed by atoms with E-state index in [-0.39, 0.29) is 11.8 Å². The molecule has 3 fully saturated rings. The Morgan fingerprint density at radius 1 is 1.00 bits per heavy atom. The van der Waals surface area contributed by atoms with Crippen LogP contribution in [0.5, 0.6) is 0 Å². The second-order valence-electron chi connectivity index (χ2n) is 7.35. The van der Waals surface area contributed by atoms with E-state index >= 15 is 0 Å². The van der Waals surface area contributed by atoms with Gasteiger partial charge in [0.15, 0.2) is 0 Å². The lowest BCUT2D eigenvalue weighted by molar-refractivity contribution is -0.142. The van der Waals surface area contributed by atoms with Crippen LogP contribution < -0.4 is 0 Å².